The fourth-order valence-corrected chi connectivity index (χ4v) is 3.03. The molecule has 1 aliphatic rings. The van der Waals surface area contributed by atoms with Crippen molar-refractivity contribution in [2.24, 2.45) is 5.92 Å². The third-order valence-electron chi connectivity index (χ3n) is 4.36. The van der Waals surface area contributed by atoms with Gasteiger partial charge in [0.25, 0.3) is 0 Å². The average Bonchev–Trinajstić information content (AvgIpc) is 3.19. The van der Waals surface area contributed by atoms with Crippen molar-refractivity contribution in [3.8, 4) is 11.3 Å². The molecule has 0 radical (unpaired) electrons. The van der Waals surface area contributed by atoms with Gasteiger partial charge in [-0.2, -0.15) is 5.10 Å². The number of hydrogen-bond donors (Lipinski definition) is 2. The van der Waals surface area contributed by atoms with Gasteiger partial charge < -0.3 is 5.32 Å². The van der Waals surface area contributed by atoms with Crippen LogP contribution in [0.25, 0.3) is 11.3 Å². The molecule has 122 valence electrons. The Labute approximate surface area is 133 Å². The molecule has 4 nitrogen and oxygen atoms in total. The van der Waals surface area contributed by atoms with Gasteiger partial charge in [-0.3, -0.25) is 9.89 Å². The van der Waals surface area contributed by atoms with Crippen molar-refractivity contribution < 1.29 is 13.6 Å². The van der Waals surface area contributed by atoms with Crippen LogP contribution < -0.4 is 5.32 Å². The second-order valence-electron chi connectivity index (χ2n) is 5.88. The molecule has 1 aromatic carbocycles. The lowest BCUT2D eigenvalue weighted by atomic mass is 10.1. The number of nitrogens with one attached hydrogen (secondary N) is 2. The summed E-state index contributed by atoms with van der Waals surface area (Å²) >= 11 is 0. The molecule has 1 fully saturated rings. The number of H-pyrrole nitrogens is 1. The van der Waals surface area contributed by atoms with E-state index in [1.165, 1.54) is 6.07 Å². The van der Waals surface area contributed by atoms with E-state index in [0.717, 1.165) is 43.5 Å². The second-order valence-corrected chi connectivity index (χ2v) is 5.88. The SMILES string of the molecule is CCc1[nH]nc(-c2ccc(F)c(F)c2)c1NC(=O)C1CCCC1. The number of hydrogen-bond acceptors (Lipinski definition) is 2. The van der Waals surface area contributed by atoms with Crippen molar-refractivity contribution in [3.63, 3.8) is 0 Å². The summed E-state index contributed by atoms with van der Waals surface area (Å²) in [5.74, 6) is -1.84. The number of rotatable bonds is 4. The molecule has 2 aromatic rings. The molecule has 23 heavy (non-hydrogen) atoms. The van der Waals surface area contributed by atoms with Gasteiger partial charge in [-0.15, -0.1) is 0 Å². The van der Waals surface area contributed by atoms with E-state index in [0.29, 0.717) is 23.4 Å². The molecule has 1 aliphatic carbocycles. The van der Waals surface area contributed by atoms with Crippen LogP contribution in [-0.2, 0) is 11.2 Å². The topological polar surface area (TPSA) is 57.8 Å². The molecule has 1 amide bonds. The van der Waals surface area contributed by atoms with Gasteiger partial charge >= 0.3 is 0 Å². The van der Waals surface area contributed by atoms with Crippen molar-refractivity contribution in [2.75, 3.05) is 5.32 Å². The van der Waals surface area contributed by atoms with Crippen LogP contribution in [0.5, 0.6) is 0 Å². The van der Waals surface area contributed by atoms with Crippen LogP contribution in [0.2, 0.25) is 0 Å². The van der Waals surface area contributed by atoms with Gasteiger partial charge in [0, 0.05) is 11.5 Å². The highest BCUT2D eigenvalue weighted by Crippen LogP contribution is 2.32. The number of aromatic nitrogens is 2. The molecule has 1 aromatic heterocycles. The van der Waals surface area contributed by atoms with Crippen LogP contribution in [0, 0.1) is 17.6 Å². The molecule has 0 atom stereocenters. The Balaban J connectivity index is 1.93. The van der Waals surface area contributed by atoms with Gasteiger partial charge in [-0.1, -0.05) is 19.8 Å². The van der Waals surface area contributed by atoms with E-state index in [-0.39, 0.29) is 11.8 Å². The summed E-state index contributed by atoms with van der Waals surface area (Å²) < 4.78 is 26.6. The number of halogens is 2. The molecule has 0 spiro atoms. The molecule has 1 heterocycles. The molecule has 0 saturated heterocycles. The number of aryl methyl sites for hydroxylation is 1. The van der Waals surface area contributed by atoms with Gasteiger partial charge in [-0.25, -0.2) is 8.78 Å². The summed E-state index contributed by atoms with van der Waals surface area (Å²) in [7, 11) is 0. The first kappa shape index (κ1) is 15.6. The standard InChI is InChI=1S/C17H19F2N3O/c1-2-14-16(20-17(23)10-5-3-4-6-10)15(22-21-14)11-7-8-12(18)13(19)9-11/h7-10H,2-6H2,1H3,(H,20,23)(H,21,22). The zero-order valence-corrected chi connectivity index (χ0v) is 13.0. The number of amides is 1. The maximum Gasteiger partial charge on any atom is 0.227 e. The third-order valence-corrected chi connectivity index (χ3v) is 4.36. The Kier molecular flexibility index (Phi) is 4.41. The van der Waals surface area contributed by atoms with Crippen molar-refractivity contribution in [1.29, 1.82) is 0 Å². The Hall–Kier alpha value is -2.24. The highest BCUT2D eigenvalue weighted by atomic mass is 19.2. The summed E-state index contributed by atoms with van der Waals surface area (Å²) in [4.78, 5) is 12.4. The quantitative estimate of drug-likeness (QED) is 0.893. The minimum atomic E-state index is -0.934. The van der Waals surface area contributed by atoms with Crippen LogP contribution in [0.1, 0.15) is 38.3 Å². The molecule has 0 aliphatic heterocycles. The first-order valence-electron chi connectivity index (χ1n) is 7.93. The smallest absolute Gasteiger partial charge is 0.227 e. The zero-order chi connectivity index (χ0) is 16.4. The van der Waals surface area contributed by atoms with Gasteiger partial charge in [0.1, 0.15) is 5.69 Å². The molecular formula is C17H19F2N3O. The van der Waals surface area contributed by atoms with Crippen LogP contribution in [0.15, 0.2) is 18.2 Å². The van der Waals surface area contributed by atoms with E-state index in [9.17, 15) is 13.6 Å². The van der Waals surface area contributed by atoms with Crippen LogP contribution >= 0.6 is 0 Å². The molecule has 6 heteroatoms. The molecule has 3 rings (SSSR count). The predicted octanol–water partition coefficient (Wildman–Crippen LogP) is 4.05. The summed E-state index contributed by atoms with van der Waals surface area (Å²) in [5, 5.41) is 9.99. The average molecular weight is 319 g/mol. The summed E-state index contributed by atoms with van der Waals surface area (Å²) in [5.41, 5.74) is 2.21. The van der Waals surface area contributed by atoms with E-state index in [1.54, 1.807) is 0 Å². The Morgan fingerprint density at radius 1 is 1.30 bits per heavy atom. The largest absolute Gasteiger partial charge is 0.322 e. The first-order valence-corrected chi connectivity index (χ1v) is 7.93. The number of aromatic amines is 1. The van der Waals surface area contributed by atoms with Crippen molar-refractivity contribution in [3.05, 3.63) is 35.5 Å². The predicted molar refractivity (Wildman–Crippen MR) is 83.9 cm³/mol. The van der Waals surface area contributed by atoms with Crippen LogP contribution in [0.3, 0.4) is 0 Å². The molecule has 1 saturated carbocycles. The fourth-order valence-electron chi connectivity index (χ4n) is 3.03. The Morgan fingerprint density at radius 3 is 2.70 bits per heavy atom. The molecule has 2 N–H and O–H groups in total. The van der Waals surface area contributed by atoms with Crippen molar-refractivity contribution in [1.82, 2.24) is 10.2 Å². The normalized spacial score (nSPS) is 15.1. The molecular weight excluding hydrogens is 300 g/mol. The van der Waals surface area contributed by atoms with Gasteiger partial charge in [0.15, 0.2) is 11.6 Å². The Morgan fingerprint density at radius 2 is 2.04 bits per heavy atom. The van der Waals surface area contributed by atoms with Crippen molar-refractivity contribution in [2.45, 2.75) is 39.0 Å². The van der Waals surface area contributed by atoms with Gasteiger partial charge in [0.05, 0.1) is 11.4 Å². The monoisotopic (exact) mass is 319 g/mol. The third kappa shape index (κ3) is 3.11. The van der Waals surface area contributed by atoms with E-state index < -0.39 is 11.6 Å². The summed E-state index contributed by atoms with van der Waals surface area (Å²) in [6.45, 7) is 1.94. The maximum absolute atomic E-state index is 13.5. The lowest BCUT2D eigenvalue weighted by Crippen LogP contribution is -2.21. The van der Waals surface area contributed by atoms with Crippen molar-refractivity contribution >= 4 is 11.6 Å². The lowest BCUT2D eigenvalue weighted by Gasteiger charge is -2.12. The highest BCUT2D eigenvalue weighted by Gasteiger charge is 2.25. The number of carbonyl (C=O) groups excluding carboxylic acids is 1. The Bertz CT molecular complexity index is 721. The van der Waals surface area contributed by atoms with Gasteiger partial charge in [0.2, 0.25) is 5.91 Å². The zero-order valence-electron chi connectivity index (χ0n) is 13.0. The van der Waals surface area contributed by atoms with E-state index >= 15 is 0 Å². The molecule has 0 bridgehead atoms. The minimum absolute atomic E-state index is 0.0208. The highest BCUT2D eigenvalue weighted by molar-refractivity contribution is 5.97. The first-order chi connectivity index (χ1) is 11.1. The minimum Gasteiger partial charge on any atom is -0.322 e. The van der Waals surface area contributed by atoms with E-state index in [4.69, 9.17) is 0 Å². The number of carbonyl (C=O) groups is 1. The maximum atomic E-state index is 13.5. The molecule has 0 unspecified atom stereocenters. The number of anilines is 1. The van der Waals surface area contributed by atoms with Gasteiger partial charge in [-0.05, 0) is 37.5 Å². The van der Waals surface area contributed by atoms with E-state index in [2.05, 4.69) is 15.5 Å². The van der Waals surface area contributed by atoms with Crippen LogP contribution in [-0.4, -0.2) is 16.1 Å². The summed E-state index contributed by atoms with van der Waals surface area (Å²) in [6, 6.07) is 3.61. The fraction of sp³-hybridized carbons (Fsp3) is 0.412. The number of benzene rings is 1. The van der Waals surface area contributed by atoms with E-state index in [1.807, 2.05) is 6.92 Å². The number of nitrogens with zero attached hydrogens (tertiary/aromatic N) is 1. The second kappa shape index (κ2) is 6.48. The van der Waals surface area contributed by atoms with Crippen LogP contribution in [0.4, 0.5) is 14.5 Å². The lowest BCUT2D eigenvalue weighted by molar-refractivity contribution is -0.119. The summed E-state index contributed by atoms with van der Waals surface area (Å²) in [6.07, 6.45) is 4.58.